The van der Waals surface area contributed by atoms with Gasteiger partial charge < -0.3 is 15.0 Å². The van der Waals surface area contributed by atoms with Crippen LogP contribution in [0.25, 0.3) is 0 Å². The molecule has 19 heavy (non-hydrogen) atoms. The SMILES string of the molecule is CCNc1cccc(C(=O)N(C)CC2CCCO2)n1. The molecule has 1 aliphatic rings. The zero-order valence-electron chi connectivity index (χ0n) is 11.6. The molecule has 0 bridgehead atoms. The lowest BCUT2D eigenvalue weighted by Gasteiger charge is -2.20. The van der Waals surface area contributed by atoms with E-state index in [1.165, 1.54) is 0 Å². The summed E-state index contributed by atoms with van der Waals surface area (Å²) in [5.74, 6) is 0.675. The van der Waals surface area contributed by atoms with E-state index in [4.69, 9.17) is 4.74 Å². The molecule has 1 amide bonds. The van der Waals surface area contributed by atoms with Gasteiger partial charge in [-0.2, -0.15) is 0 Å². The van der Waals surface area contributed by atoms with Crippen molar-refractivity contribution in [3.05, 3.63) is 23.9 Å². The topological polar surface area (TPSA) is 54.5 Å². The number of aromatic nitrogens is 1. The molecule has 2 rings (SSSR count). The summed E-state index contributed by atoms with van der Waals surface area (Å²) < 4.78 is 5.55. The first-order valence-corrected chi connectivity index (χ1v) is 6.78. The Morgan fingerprint density at radius 3 is 3.11 bits per heavy atom. The first kappa shape index (κ1) is 13.8. The molecule has 0 aliphatic carbocycles. The van der Waals surface area contributed by atoms with Crippen LogP contribution in [0.4, 0.5) is 5.82 Å². The van der Waals surface area contributed by atoms with E-state index in [2.05, 4.69) is 10.3 Å². The average molecular weight is 263 g/mol. The van der Waals surface area contributed by atoms with Crippen LogP contribution < -0.4 is 5.32 Å². The highest BCUT2D eigenvalue weighted by molar-refractivity contribution is 5.92. The van der Waals surface area contributed by atoms with Crippen molar-refractivity contribution in [3.8, 4) is 0 Å². The van der Waals surface area contributed by atoms with Crippen molar-refractivity contribution in [2.45, 2.75) is 25.9 Å². The Bertz CT molecular complexity index is 430. The molecule has 1 N–H and O–H groups in total. The molecule has 0 radical (unpaired) electrons. The maximum absolute atomic E-state index is 12.3. The molecule has 1 aromatic rings. The van der Waals surface area contributed by atoms with Crippen LogP contribution in [0.5, 0.6) is 0 Å². The third kappa shape index (κ3) is 3.67. The molecule has 0 saturated carbocycles. The van der Waals surface area contributed by atoms with Crippen LogP contribution in [-0.2, 0) is 4.74 Å². The lowest BCUT2D eigenvalue weighted by molar-refractivity contribution is 0.0583. The molecular weight excluding hydrogens is 242 g/mol. The lowest BCUT2D eigenvalue weighted by atomic mass is 10.2. The van der Waals surface area contributed by atoms with Crippen LogP contribution in [0.1, 0.15) is 30.3 Å². The van der Waals surface area contributed by atoms with Crippen molar-refractivity contribution in [1.82, 2.24) is 9.88 Å². The molecular formula is C14H21N3O2. The normalized spacial score (nSPS) is 18.3. The number of carbonyl (C=O) groups is 1. The Hall–Kier alpha value is -1.62. The predicted octanol–water partition coefficient (Wildman–Crippen LogP) is 1.76. The Kier molecular flexibility index (Phi) is 4.74. The van der Waals surface area contributed by atoms with Crippen LogP contribution >= 0.6 is 0 Å². The van der Waals surface area contributed by atoms with Gasteiger partial charge in [0.15, 0.2) is 0 Å². The van der Waals surface area contributed by atoms with E-state index in [1.54, 1.807) is 18.0 Å². The Morgan fingerprint density at radius 1 is 1.58 bits per heavy atom. The Labute approximate surface area is 114 Å². The fraction of sp³-hybridized carbons (Fsp3) is 0.571. The first-order valence-electron chi connectivity index (χ1n) is 6.78. The molecule has 0 spiro atoms. The van der Waals surface area contributed by atoms with Gasteiger partial charge in [0.2, 0.25) is 0 Å². The van der Waals surface area contributed by atoms with E-state index in [1.807, 2.05) is 19.1 Å². The molecule has 1 aliphatic heterocycles. The molecule has 5 heteroatoms. The molecule has 1 atom stereocenters. The van der Waals surface area contributed by atoms with Crippen molar-refractivity contribution in [2.75, 3.05) is 32.1 Å². The fourth-order valence-electron chi connectivity index (χ4n) is 2.21. The van der Waals surface area contributed by atoms with Crippen molar-refractivity contribution in [2.24, 2.45) is 0 Å². The second-order valence-electron chi connectivity index (χ2n) is 4.76. The van der Waals surface area contributed by atoms with E-state index in [0.717, 1.165) is 31.8 Å². The molecule has 1 fully saturated rings. The minimum atomic E-state index is -0.0600. The van der Waals surface area contributed by atoms with Crippen molar-refractivity contribution < 1.29 is 9.53 Å². The number of rotatable bonds is 5. The van der Waals surface area contributed by atoms with Gasteiger partial charge in [0.1, 0.15) is 11.5 Å². The van der Waals surface area contributed by atoms with Gasteiger partial charge in [0, 0.05) is 26.7 Å². The van der Waals surface area contributed by atoms with Crippen LogP contribution in [0.15, 0.2) is 18.2 Å². The standard InChI is InChI=1S/C14H21N3O2/c1-3-15-13-8-4-7-12(16-13)14(18)17(2)10-11-6-5-9-19-11/h4,7-8,11H,3,5-6,9-10H2,1-2H3,(H,15,16). The fourth-order valence-corrected chi connectivity index (χ4v) is 2.21. The minimum Gasteiger partial charge on any atom is -0.376 e. The van der Waals surface area contributed by atoms with Crippen molar-refractivity contribution >= 4 is 11.7 Å². The van der Waals surface area contributed by atoms with E-state index in [0.29, 0.717) is 12.2 Å². The number of ether oxygens (including phenoxy) is 1. The van der Waals surface area contributed by atoms with Crippen molar-refractivity contribution in [1.29, 1.82) is 0 Å². The predicted molar refractivity (Wildman–Crippen MR) is 74.3 cm³/mol. The minimum absolute atomic E-state index is 0.0600. The maximum atomic E-state index is 12.3. The maximum Gasteiger partial charge on any atom is 0.272 e. The summed E-state index contributed by atoms with van der Waals surface area (Å²) >= 11 is 0. The molecule has 0 aromatic carbocycles. The number of nitrogens with one attached hydrogen (secondary N) is 1. The number of hydrogen-bond acceptors (Lipinski definition) is 4. The Morgan fingerprint density at radius 2 is 2.42 bits per heavy atom. The Balaban J connectivity index is 1.99. The van der Waals surface area contributed by atoms with Crippen LogP contribution in [0, 0.1) is 0 Å². The monoisotopic (exact) mass is 263 g/mol. The highest BCUT2D eigenvalue weighted by atomic mass is 16.5. The quantitative estimate of drug-likeness (QED) is 0.879. The van der Waals surface area contributed by atoms with E-state index in [9.17, 15) is 4.79 Å². The van der Waals surface area contributed by atoms with Gasteiger partial charge in [-0.3, -0.25) is 4.79 Å². The average Bonchev–Trinajstić information content (AvgIpc) is 2.91. The summed E-state index contributed by atoms with van der Waals surface area (Å²) in [7, 11) is 1.80. The smallest absolute Gasteiger partial charge is 0.272 e. The lowest BCUT2D eigenvalue weighted by Crippen LogP contribution is -2.34. The van der Waals surface area contributed by atoms with Gasteiger partial charge in [-0.1, -0.05) is 6.07 Å². The summed E-state index contributed by atoms with van der Waals surface area (Å²) in [6.07, 6.45) is 2.29. The molecule has 5 nitrogen and oxygen atoms in total. The van der Waals surface area contributed by atoms with Gasteiger partial charge in [-0.25, -0.2) is 4.98 Å². The highest BCUT2D eigenvalue weighted by Crippen LogP contribution is 2.14. The second kappa shape index (κ2) is 6.52. The summed E-state index contributed by atoms with van der Waals surface area (Å²) in [6.45, 7) is 4.23. The zero-order chi connectivity index (χ0) is 13.7. The summed E-state index contributed by atoms with van der Waals surface area (Å²) in [5.41, 5.74) is 0.471. The summed E-state index contributed by atoms with van der Waals surface area (Å²) in [4.78, 5) is 18.3. The summed E-state index contributed by atoms with van der Waals surface area (Å²) in [5, 5.41) is 3.11. The first-order chi connectivity index (χ1) is 9.20. The van der Waals surface area contributed by atoms with Gasteiger partial charge in [-0.15, -0.1) is 0 Å². The molecule has 104 valence electrons. The number of nitrogens with zero attached hydrogens (tertiary/aromatic N) is 2. The van der Waals surface area contributed by atoms with E-state index < -0.39 is 0 Å². The number of amides is 1. The van der Waals surface area contributed by atoms with Gasteiger partial charge in [0.25, 0.3) is 5.91 Å². The van der Waals surface area contributed by atoms with E-state index in [-0.39, 0.29) is 12.0 Å². The number of carbonyl (C=O) groups excluding carboxylic acids is 1. The van der Waals surface area contributed by atoms with Crippen LogP contribution in [0.2, 0.25) is 0 Å². The number of anilines is 1. The van der Waals surface area contributed by atoms with Gasteiger partial charge >= 0.3 is 0 Å². The zero-order valence-corrected chi connectivity index (χ0v) is 11.6. The molecule has 1 saturated heterocycles. The summed E-state index contributed by atoms with van der Waals surface area (Å²) in [6, 6.07) is 5.45. The largest absolute Gasteiger partial charge is 0.376 e. The second-order valence-corrected chi connectivity index (χ2v) is 4.76. The number of likely N-dealkylation sites (N-methyl/N-ethyl adjacent to an activating group) is 1. The van der Waals surface area contributed by atoms with Crippen LogP contribution in [-0.4, -0.2) is 48.6 Å². The third-order valence-electron chi connectivity index (χ3n) is 3.17. The third-order valence-corrected chi connectivity index (χ3v) is 3.17. The molecule has 1 aromatic heterocycles. The molecule has 2 heterocycles. The van der Waals surface area contributed by atoms with Crippen molar-refractivity contribution in [3.63, 3.8) is 0 Å². The number of hydrogen-bond donors (Lipinski definition) is 1. The highest BCUT2D eigenvalue weighted by Gasteiger charge is 2.21. The number of pyridine rings is 1. The van der Waals surface area contributed by atoms with Gasteiger partial charge in [0.05, 0.1) is 6.10 Å². The van der Waals surface area contributed by atoms with Gasteiger partial charge in [-0.05, 0) is 31.9 Å². The molecule has 1 unspecified atom stereocenters. The van der Waals surface area contributed by atoms with E-state index >= 15 is 0 Å². The van der Waals surface area contributed by atoms with Crippen LogP contribution in [0.3, 0.4) is 0 Å².